The molecule has 1 N–H and O–H groups in total. The number of nitrogens with one attached hydrogen (secondary N) is 1. The van der Waals surface area contributed by atoms with Crippen LogP contribution < -0.4 is 9.62 Å². The number of benzene rings is 1. The summed E-state index contributed by atoms with van der Waals surface area (Å²) in [6, 6.07) is 10.7. The SMILES string of the molecule is CNCc1sccc1S(=O)(=O)N(C)c1ccccc1. The van der Waals surface area contributed by atoms with Gasteiger partial charge in [0.05, 0.1) is 5.69 Å². The highest BCUT2D eigenvalue weighted by Gasteiger charge is 2.24. The Morgan fingerprint density at radius 3 is 2.53 bits per heavy atom. The van der Waals surface area contributed by atoms with Crippen LogP contribution in [-0.2, 0) is 16.6 Å². The Balaban J connectivity index is 2.40. The molecule has 1 heterocycles. The van der Waals surface area contributed by atoms with Crippen molar-refractivity contribution in [1.29, 1.82) is 0 Å². The first-order valence-electron chi connectivity index (χ1n) is 5.82. The zero-order valence-corrected chi connectivity index (χ0v) is 12.5. The van der Waals surface area contributed by atoms with Crippen molar-refractivity contribution in [2.45, 2.75) is 11.4 Å². The Kier molecular flexibility index (Phi) is 4.24. The first-order valence-corrected chi connectivity index (χ1v) is 8.14. The average molecular weight is 296 g/mol. The molecule has 0 aliphatic carbocycles. The van der Waals surface area contributed by atoms with Crippen LogP contribution in [0.4, 0.5) is 5.69 Å². The van der Waals surface area contributed by atoms with Crippen molar-refractivity contribution in [1.82, 2.24) is 5.32 Å². The number of sulfonamides is 1. The molecule has 0 spiro atoms. The molecule has 4 nitrogen and oxygen atoms in total. The van der Waals surface area contributed by atoms with Crippen LogP contribution in [0.2, 0.25) is 0 Å². The molecule has 2 aromatic rings. The van der Waals surface area contributed by atoms with Gasteiger partial charge in [-0.1, -0.05) is 18.2 Å². The zero-order valence-electron chi connectivity index (χ0n) is 10.8. The molecule has 0 bridgehead atoms. The lowest BCUT2D eigenvalue weighted by Gasteiger charge is -2.19. The normalized spacial score (nSPS) is 11.5. The third kappa shape index (κ3) is 2.80. The lowest BCUT2D eigenvalue weighted by molar-refractivity contribution is 0.593. The summed E-state index contributed by atoms with van der Waals surface area (Å²) in [5.74, 6) is 0. The van der Waals surface area contributed by atoms with Gasteiger partial charge in [0.15, 0.2) is 0 Å². The molecule has 0 unspecified atom stereocenters. The molecule has 2 rings (SSSR count). The van der Waals surface area contributed by atoms with Crippen molar-refractivity contribution in [3.8, 4) is 0 Å². The van der Waals surface area contributed by atoms with Crippen LogP contribution in [0.25, 0.3) is 0 Å². The maximum Gasteiger partial charge on any atom is 0.265 e. The summed E-state index contributed by atoms with van der Waals surface area (Å²) in [5.41, 5.74) is 0.657. The van der Waals surface area contributed by atoms with Crippen LogP contribution >= 0.6 is 11.3 Å². The fourth-order valence-electron chi connectivity index (χ4n) is 1.77. The third-order valence-electron chi connectivity index (χ3n) is 2.80. The standard InChI is InChI=1S/C13H16N2O2S2/c1-14-10-12-13(8-9-18-12)19(16,17)15(2)11-6-4-3-5-7-11/h3-9,14H,10H2,1-2H3. The summed E-state index contributed by atoms with van der Waals surface area (Å²) in [4.78, 5) is 1.20. The van der Waals surface area contributed by atoms with E-state index in [4.69, 9.17) is 0 Å². The first-order chi connectivity index (χ1) is 9.07. The molecule has 0 aliphatic rings. The lowest BCUT2D eigenvalue weighted by Crippen LogP contribution is -2.27. The monoisotopic (exact) mass is 296 g/mol. The summed E-state index contributed by atoms with van der Waals surface area (Å²) >= 11 is 1.45. The Morgan fingerprint density at radius 1 is 1.21 bits per heavy atom. The van der Waals surface area contributed by atoms with Gasteiger partial charge in [-0.05, 0) is 30.6 Å². The van der Waals surface area contributed by atoms with Crippen LogP contribution in [0.15, 0.2) is 46.7 Å². The van der Waals surface area contributed by atoms with Crippen LogP contribution in [0.5, 0.6) is 0 Å². The van der Waals surface area contributed by atoms with Gasteiger partial charge in [0, 0.05) is 18.5 Å². The van der Waals surface area contributed by atoms with E-state index in [2.05, 4.69) is 5.32 Å². The molecule has 0 amide bonds. The maximum atomic E-state index is 12.6. The smallest absolute Gasteiger partial charge is 0.265 e. The van der Waals surface area contributed by atoms with E-state index >= 15 is 0 Å². The molecule has 0 saturated heterocycles. The van der Waals surface area contributed by atoms with Crippen molar-refractivity contribution < 1.29 is 8.42 Å². The number of nitrogens with zero attached hydrogens (tertiary/aromatic N) is 1. The number of anilines is 1. The predicted molar refractivity (Wildman–Crippen MR) is 79.1 cm³/mol. The van der Waals surface area contributed by atoms with Crippen LogP contribution in [0, 0.1) is 0 Å². The second-order valence-electron chi connectivity index (χ2n) is 4.05. The largest absolute Gasteiger partial charge is 0.315 e. The molecule has 0 fully saturated rings. The van der Waals surface area contributed by atoms with E-state index in [-0.39, 0.29) is 0 Å². The molecule has 19 heavy (non-hydrogen) atoms. The zero-order chi connectivity index (χ0) is 13.9. The summed E-state index contributed by atoms with van der Waals surface area (Å²) in [5, 5.41) is 4.79. The van der Waals surface area contributed by atoms with Crippen molar-refractivity contribution in [3.63, 3.8) is 0 Å². The number of para-hydroxylation sites is 1. The van der Waals surface area contributed by atoms with Gasteiger partial charge in [-0.15, -0.1) is 11.3 Å². The van der Waals surface area contributed by atoms with Gasteiger partial charge in [0.25, 0.3) is 10.0 Å². The molecule has 0 aliphatic heterocycles. The van der Waals surface area contributed by atoms with Gasteiger partial charge >= 0.3 is 0 Å². The van der Waals surface area contributed by atoms with Crippen LogP contribution in [0.1, 0.15) is 4.88 Å². The minimum absolute atomic E-state index is 0.373. The Morgan fingerprint density at radius 2 is 1.89 bits per heavy atom. The van der Waals surface area contributed by atoms with Crippen LogP contribution in [0.3, 0.4) is 0 Å². The van der Waals surface area contributed by atoms with Gasteiger partial charge in [0.2, 0.25) is 0 Å². The quantitative estimate of drug-likeness (QED) is 0.921. The Bertz CT molecular complexity index is 636. The second-order valence-corrected chi connectivity index (χ2v) is 6.98. The first kappa shape index (κ1) is 14.0. The highest BCUT2D eigenvalue weighted by molar-refractivity contribution is 7.93. The number of hydrogen-bond acceptors (Lipinski definition) is 4. The van der Waals surface area contributed by atoms with E-state index in [9.17, 15) is 8.42 Å². The van der Waals surface area contributed by atoms with Crippen molar-refractivity contribution in [3.05, 3.63) is 46.7 Å². The topological polar surface area (TPSA) is 49.4 Å². The van der Waals surface area contributed by atoms with E-state index in [1.807, 2.05) is 18.2 Å². The average Bonchev–Trinajstić information content (AvgIpc) is 2.88. The summed E-state index contributed by atoms with van der Waals surface area (Å²) in [6.45, 7) is 0.550. The summed E-state index contributed by atoms with van der Waals surface area (Å²) in [7, 11) is -0.120. The lowest BCUT2D eigenvalue weighted by atomic mass is 10.3. The van der Waals surface area contributed by atoms with E-state index in [1.165, 1.54) is 15.6 Å². The molecule has 6 heteroatoms. The number of hydrogen-bond donors (Lipinski definition) is 1. The molecule has 1 aromatic heterocycles. The molecule has 0 radical (unpaired) electrons. The van der Waals surface area contributed by atoms with E-state index in [0.29, 0.717) is 17.1 Å². The molecule has 1 aromatic carbocycles. The minimum Gasteiger partial charge on any atom is -0.315 e. The molecule has 0 atom stereocenters. The van der Waals surface area contributed by atoms with E-state index < -0.39 is 10.0 Å². The van der Waals surface area contributed by atoms with Crippen molar-refractivity contribution in [2.24, 2.45) is 0 Å². The summed E-state index contributed by atoms with van der Waals surface area (Å²) < 4.78 is 26.5. The highest BCUT2D eigenvalue weighted by Crippen LogP contribution is 2.27. The van der Waals surface area contributed by atoms with Crippen LogP contribution in [-0.4, -0.2) is 22.5 Å². The molecular formula is C13H16N2O2S2. The minimum atomic E-state index is -3.50. The predicted octanol–water partition coefficient (Wildman–Crippen LogP) is 2.29. The number of rotatable bonds is 5. The molecule has 0 saturated carbocycles. The van der Waals surface area contributed by atoms with E-state index in [1.54, 1.807) is 37.7 Å². The fourth-order valence-corrected chi connectivity index (χ4v) is 4.39. The number of thiophene rings is 1. The second kappa shape index (κ2) is 5.73. The van der Waals surface area contributed by atoms with Crippen molar-refractivity contribution >= 4 is 27.0 Å². The highest BCUT2D eigenvalue weighted by atomic mass is 32.2. The Labute approximate surface area is 117 Å². The maximum absolute atomic E-state index is 12.6. The van der Waals surface area contributed by atoms with Crippen molar-refractivity contribution in [2.75, 3.05) is 18.4 Å². The fraction of sp³-hybridized carbons (Fsp3) is 0.231. The molecular weight excluding hydrogens is 280 g/mol. The van der Waals surface area contributed by atoms with Gasteiger partial charge in [-0.2, -0.15) is 0 Å². The van der Waals surface area contributed by atoms with Gasteiger partial charge in [0.1, 0.15) is 4.90 Å². The van der Waals surface area contributed by atoms with Gasteiger partial charge < -0.3 is 5.32 Å². The Hall–Kier alpha value is -1.37. The molecule has 102 valence electrons. The summed E-state index contributed by atoms with van der Waals surface area (Å²) in [6.07, 6.45) is 0. The van der Waals surface area contributed by atoms with E-state index in [0.717, 1.165) is 4.88 Å². The van der Waals surface area contributed by atoms with Gasteiger partial charge in [-0.3, -0.25) is 4.31 Å². The van der Waals surface area contributed by atoms with Gasteiger partial charge in [-0.25, -0.2) is 8.42 Å². The third-order valence-corrected chi connectivity index (χ3v) is 5.72.